The smallest absolute Gasteiger partial charge is 0.338 e. The Morgan fingerprint density at radius 2 is 1.83 bits per heavy atom. The SMILES string of the molecule is COC(=O)[C@H](O)[C@H](O)c1ccc(COC(=O)c2ccccc2)o1. The third-order valence-electron chi connectivity index (χ3n) is 3.07. The Bertz CT molecular complexity index is 662. The number of benzene rings is 1. The maximum Gasteiger partial charge on any atom is 0.338 e. The first-order valence-corrected chi connectivity index (χ1v) is 6.77. The number of aliphatic hydroxyl groups excluding tert-OH is 2. The lowest BCUT2D eigenvalue weighted by atomic mass is 10.1. The van der Waals surface area contributed by atoms with E-state index in [0.29, 0.717) is 5.56 Å². The van der Waals surface area contributed by atoms with E-state index in [-0.39, 0.29) is 18.1 Å². The molecule has 1 aromatic carbocycles. The lowest BCUT2D eigenvalue weighted by Gasteiger charge is -2.13. The van der Waals surface area contributed by atoms with Gasteiger partial charge in [0.15, 0.2) is 6.10 Å². The zero-order valence-corrected chi connectivity index (χ0v) is 12.3. The van der Waals surface area contributed by atoms with Crippen molar-refractivity contribution in [3.05, 3.63) is 59.5 Å². The van der Waals surface area contributed by atoms with Crippen LogP contribution in [0, 0.1) is 0 Å². The minimum atomic E-state index is -1.76. The van der Waals surface area contributed by atoms with Gasteiger partial charge in [0.2, 0.25) is 0 Å². The van der Waals surface area contributed by atoms with E-state index >= 15 is 0 Å². The van der Waals surface area contributed by atoms with Crippen LogP contribution in [0.3, 0.4) is 0 Å². The second-order valence-electron chi connectivity index (χ2n) is 4.66. The van der Waals surface area contributed by atoms with Gasteiger partial charge >= 0.3 is 11.9 Å². The fraction of sp³-hybridized carbons (Fsp3) is 0.250. The maximum atomic E-state index is 11.8. The van der Waals surface area contributed by atoms with Crippen molar-refractivity contribution in [1.29, 1.82) is 0 Å². The molecule has 0 amide bonds. The van der Waals surface area contributed by atoms with Crippen molar-refractivity contribution in [3.8, 4) is 0 Å². The highest BCUT2D eigenvalue weighted by Gasteiger charge is 2.29. The number of furan rings is 1. The van der Waals surface area contributed by atoms with Gasteiger partial charge in [0.1, 0.15) is 24.2 Å². The normalized spacial score (nSPS) is 13.2. The number of rotatable bonds is 6. The molecule has 0 radical (unpaired) electrons. The summed E-state index contributed by atoms with van der Waals surface area (Å²) >= 11 is 0. The molecule has 23 heavy (non-hydrogen) atoms. The molecule has 0 saturated heterocycles. The van der Waals surface area contributed by atoms with Crippen LogP contribution in [0.2, 0.25) is 0 Å². The van der Waals surface area contributed by atoms with Gasteiger partial charge in [-0.2, -0.15) is 0 Å². The maximum absolute atomic E-state index is 11.8. The summed E-state index contributed by atoms with van der Waals surface area (Å²) < 4.78 is 14.6. The highest BCUT2D eigenvalue weighted by molar-refractivity contribution is 5.89. The molecular formula is C16H16O7. The van der Waals surface area contributed by atoms with E-state index < -0.39 is 24.1 Å². The minimum Gasteiger partial charge on any atom is -0.467 e. The van der Waals surface area contributed by atoms with Crippen LogP contribution in [0.25, 0.3) is 0 Å². The summed E-state index contributed by atoms with van der Waals surface area (Å²) in [6.07, 6.45) is -3.33. The molecular weight excluding hydrogens is 304 g/mol. The summed E-state index contributed by atoms with van der Waals surface area (Å²) in [7, 11) is 1.09. The lowest BCUT2D eigenvalue weighted by molar-refractivity contribution is -0.157. The highest BCUT2D eigenvalue weighted by atomic mass is 16.5. The van der Waals surface area contributed by atoms with E-state index in [0.717, 1.165) is 7.11 Å². The summed E-state index contributed by atoms with van der Waals surface area (Å²) in [5.74, 6) is -1.27. The van der Waals surface area contributed by atoms with Crippen molar-refractivity contribution in [1.82, 2.24) is 0 Å². The first kappa shape index (κ1) is 16.7. The Kier molecular flexibility index (Phi) is 5.51. The number of aliphatic hydroxyl groups is 2. The molecule has 1 heterocycles. The van der Waals surface area contributed by atoms with Crippen LogP contribution in [-0.2, 0) is 20.9 Å². The number of methoxy groups -OCH3 is 1. The predicted molar refractivity (Wildman–Crippen MR) is 77.3 cm³/mol. The third-order valence-corrected chi connectivity index (χ3v) is 3.07. The van der Waals surface area contributed by atoms with E-state index in [1.165, 1.54) is 12.1 Å². The minimum absolute atomic E-state index is 0.0336. The molecule has 0 unspecified atom stereocenters. The number of carbonyl (C=O) groups excluding carboxylic acids is 2. The average molecular weight is 320 g/mol. The molecule has 2 N–H and O–H groups in total. The predicted octanol–water partition coefficient (Wildman–Crippen LogP) is 1.20. The molecule has 7 heteroatoms. The van der Waals surface area contributed by atoms with Crippen molar-refractivity contribution >= 4 is 11.9 Å². The summed E-state index contributed by atoms with van der Waals surface area (Å²) in [5.41, 5.74) is 0.403. The van der Waals surface area contributed by atoms with Gasteiger partial charge in [-0.3, -0.25) is 0 Å². The molecule has 0 aliphatic carbocycles. The van der Waals surface area contributed by atoms with Gasteiger partial charge in [-0.25, -0.2) is 9.59 Å². The van der Waals surface area contributed by atoms with Gasteiger partial charge in [0, 0.05) is 0 Å². The zero-order valence-electron chi connectivity index (χ0n) is 12.3. The largest absolute Gasteiger partial charge is 0.467 e. The van der Waals surface area contributed by atoms with Crippen molar-refractivity contribution in [2.24, 2.45) is 0 Å². The van der Waals surface area contributed by atoms with Crippen LogP contribution in [-0.4, -0.2) is 35.4 Å². The molecule has 0 aliphatic heterocycles. The van der Waals surface area contributed by atoms with E-state index in [1.54, 1.807) is 30.3 Å². The molecule has 2 rings (SSSR count). The van der Waals surface area contributed by atoms with Crippen molar-refractivity contribution in [3.63, 3.8) is 0 Å². The summed E-state index contributed by atoms with van der Waals surface area (Å²) in [6.45, 7) is -0.144. The highest BCUT2D eigenvalue weighted by Crippen LogP contribution is 2.21. The first-order valence-electron chi connectivity index (χ1n) is 6.77. The van der Waals surface area contributed by atoms with Crippen LogP contribution in [0.1, 0.15) is 28.0 Å². The summed E-state index contributed by atoms with van der Waals surface area (Å²) in [6, 6.07) is 11.3. The standard InChI is InChI=1S/C16H16O7/c1-21-16(20)14(18)13(17)12-8-7-11(23-12)9-22-15(19)10-5-3-2-4-6-10/h2-8,13-14,17-18H,9H2,1H3/t13-,14-/m1/s1. The van der Waals surface area contributed by atoms with E-state index in [1.807, 2.05) is 0 Å². The number of carbonyl (C=O) groups is 2. The van der Waals surface area contributed by atoms with Gasteiger partial charge in [0.25, 0.3) is 0 Å². The van der Waals surface area contributed by atoms with Crippen molar-refractivity contribution in [2.45, 2.75) is 18.8 Å². The second-order valence-corrected chi connectivity index (χ2v) is 4.66. The van der Waals surface area contributed by atoms with Crippen LogP contribution in [0.4, 0.5) is 0 Å². The molecule has 0 bridgehead atoms. The topological polar surface area (TPSA) is 106 Å². The Morgan fingerprint density at radius 1 is 1.13 bits per heavy atom. The first-order chi connectivity index (χ1) is 11.0. The van der Waals surface area contributed by atoms with Gasteiger partial charge in [-0.15, -0.1) is 0 Å². The molecule has 0 fully saturated rings. The van der Waals surface area contributed by atoms with Gasteiger partial charge in [0.05, 0.1) is 12.7 Å². The summed E-state index contributed by atoms with van der Waals surface area (Å²) in [5, 5.41) is 19.4. The van der Waals surface area contributed by atoms with Crippen LogP contribution < -0.4 is 0 Å². The Balaban J connectivity index is 1.95. The van der Waals surface area contributed by atoms with Gasteiger partial charge < -0.3 is 24.1 Å². The van der Waals surface area contributed by atoms with E-state index in [4.69, 9.17) is 9.15 Å². The molecule has 2 atom stereocenters. The monoisotopic (exact) mass is 320 g/mol. The molecule has 1 aromatic heterocycles. The Hall–Kier alpha value is -2.64. The molecule has 0 spiro atoms. The number of hydrogen-bond donors (Lipinski definition) is 2. The average Bonchev–Trinajstić information content (AvgIpc) is 3.07. The van der Waals surface area contributed by atoms with Gasteiger partial charge in [-0.05, 0) is 24.3 Å². The number of esters is 2. The van der Waals surface area contributed by atoms with Crippen molar-refractivity contribution < 1.29 is 33.7 Å². The fourth-order valence-electron chi connectivity index (χ4n) is 1.83. The Labute approximate surface area is 132 Å². The number of hydrogen-bond acceptors (Lipinski definition) is 7. The molecule has 2 aromatic rings. The number of ether oxygens (including phenoxy) is 2. The van der Waals surface area contributed by atoms with Crippen LogP contribution in [0.5, 0.6) is 0 Å². The quantitative estimate of drug-likeness (QED) is 0.770. The van der Waals surface area contributed by atoms with Crippen LogP contribution >= 0.6 is 0 Å². The molecule has 0 aliphatic rings. The fourth-order valence-corrected chi connectivity index (χ4v) is 1.83. The van der Waals surface area contributed by atoms with E-state index in [2.05, 4.69) is 4.74 Å². The zero-order chi connectivity index (χ0) is 16.8. The van der Waals surface area contributed by atoms with Crippen LogP contribution in [0.15, 0.2) is 46.9 Å². The van der Waals surface area contributed by atoms with E-state index in [9.17, 15) is 19.8 Å². The molecule has 0 saturated carbocycles. The lowest BCUT2D eigenvalue weighted by Crippen LogP contribution is -2.28. The molecule has 122 valence electrons. The third kappa shape index (κ3) is 4.18. The van der Waals surface area contributed by atoms with Gasteiger partial charge in [-0.1, -0.05) is 18.2 Å². The Morgan fingerprint density at radius 3 is 2.48 bits per heavy atom. The summed E-state index contributed by atoms with van der Waals surface area (Å²) in [4.78, 5) is 22.9. The molecule has 7 nitrogen and oxygen atoms in total. The second kappa shape index (κ2) is 7.57. The van der Waals surface area contributed by atoms with Crippen molar-refractivity contribution in [2.75, 3.05) is 7.11 Å².